The fourth-order valence-electron chi connectivity index (χ4n) is 0.833. The zero-order valence-electron chi connectivity index (χ0n) is 8.09. The smallest absolute Gasteiger partial charge is 0.373 e. The predicted molar refractivity (Wildman–Crippen MR) is 43.6 cm³/mol. The van der Waals surface area contributed by atoms with Gasteiger partial charge in [0, 0.05) is 0 Å². The third-order valence-corrected chi connectivity index (χ3v) is 1.43. The largest absolute Gasteiger partial charge is 0.481 e. The Morgan fingerprint density at radius 1 is 1.07 bits per heavy atom. The van der Waals surface area contributed by atoms with Crippen molar-refractivity contribution >= 4 is 23.9 Å². The molecule has 0 bridgehead atoms. The van der Waals surface area contributed by atoms with Crippen LogP contribution in [0.5, 0.6) is 0 Å². The minimum atomic E-state index is -1.70. The first-order valence-electron chi connectivity index (χ1n) is 3.78. The zero-order valence-corrected chi connectivity index (χ0v) is 8.09. The van der Waals surface area contributed by atoms with Crippen LogP contribution in [0.1, 0.15) is 13.8 Å². The summed E-state index contributed by atoms with van der Waals surface area (Å²) in [7, 11) is 0. The van der Waals surface area contributed by atoms with Crippen LogP contribution in [-0.2, 0) is 24.0 Å². The molecule has 0 radical (unpaired) electrons. The molecule has 0 spiro atoms. The molecule has 0 aromatic carbocycles. The normalized spacial score (nSPS) is 10.6. The Morgan fingerprint density at radius 2 is 1.40 bits per heavy atom. The van der Waals surface area contributed by atoms with Crippen molar-refractivity contribution in [2.24, 2.45) is 11.8 Å². The van der Waals surface area contributed by atoms with E-state index in [1.165, 1.54) is 13.8 Å². The van der Waals surface area contributed by atoms with E-state index in [9.17, 15) is 14.4 Å². The third kappa shape index (κ3) is 6.11. The SMILES string of the molecule is CC(C)C(C(=O)O)C(=O)C(=O)O.O=C=O. The molecule has 0 aliphatic rings. The molecule has 15 heavy (non-hydrogen) atoms. The van der Waals surface area contributed by atoms with Crippen LogP contribution >= 0.6 is 0 Å². The number of carbonyl (C=O) groups excluding carboxylic acids is 3. The molecule has 7 nitrogen and oxygen atoms in total. The second kappa shape index (κ2) is 7.40. The molecular weight excluding hydrogens is 208 g/mol. The number of carboxylic acids is 2. The first kappa shape index (κ1) is 15.5. The van der Waals surface area contributed by atoms with Crippen molar-refractivity contribution in [3.63, 3.8) is 0 Å². The number of Topliss-reactive ketones (excluding diaryl/α,β-unsaturated/α-hetero) is 1. The van der Waals surface area contributed by atoms with Crippen molar-refractivity contribution in [3.05, 3.63) is 0 Å². The summed E-state index contributed by atoms with van der Waals surface area (Å²) in [6.07, 6.45) is 0.250. The van der Waals surface area contributed by atoms with E-state index >= 15 is 0 Å². The molecule has 2 N–H and O–H groups in total. The molecular formula is C8H10O7. The van der Waals surface area contributed by atoms with Crippen LogP contribution < -0.4 is 0 Å². The molecule has 7 heteroatoms. The van der Waals surface area contributed by atoms with Gasteiger partial charge in [0.05, 0.1) is 0 Å². The number of hydrogen-bond acceptors (Lipinski definition) is 5. The topological polar surface area (TPSA) is 126 Å². The first-order chi connectivity index (χ1) is 6.79. The molecule has 0 saturated heterocycles. The van der Waals surface area contributed by atoms with Gasteiger partial charge < -0.3 is 10.2 Å². The maximum atomic E-state index is 10.7. The number of ketones is 1. The molecule has 0 rings (SSSR count). The predicted octanol–water partition coefficient (Wildman–Crippen LogP) is -0.587. The summed E-state index contributed by atoms with van der Waals surface area (Å²) >= 11 is 0. The van der Waals surface area contributed by atoms with Gasteiger partial charge in [-0.15, -0.1) is 0 Å². The van der Waals surface area contributed by atoms with Gasteiger partial charge in [-0.1, -0.05) is 13.8 Å². The second-order valence-corrected chi connectivity index (χ2v) is 2.81. The molecule has 0 amide bonds. The quantitative estimate of drug-likeness (QED) is 0.477. The number of carboxylic acid groups (broad SMARTS) is 2. The summed E-state index contributed by atoms with van der Waals surface area (Å²) in [5.41, 5.74) is 0. The van der Waals surface area contributed by atoms with E-state index in [2.05, 4.69) is 0 Å². The maximum absolute atomic E-state index is 10.7. The Hall–Kier alpha value is -2.01. The second-order valence-electron chi connectivity index (χ2n) is 2.81. The van der Waals surface area contributed by atoms with Crippen molar-refractivity contribution < 1.29 is 34.2 Å². The Kier molecular flexibility index (Phi) is 7.63. The lowest BCUT2D eigenvalue weighted by Gasteiger charge is -2.11. The average Bonchev–Trinajstić information content (AvgIpc) is 2.03. The number of hydrogen-bond donors (Lipinski definition) is 2. The van der Waals surface area contributed by atoms with E-state index in [-0.39, 0.29) is 6.15 Å². The monoisotopic (exact) mass is 218 g/mol. The van der Waals surface area contributed by atoms with Crippen molar-refractivity contribution in [1.29, 1.82) is 0 Å². The minimum absolute atomic E-state index is 0.250. The highest BCUT2D eigenvalue weighted by Gasteiger charge is 2.33. The molecule has 0 aromatic heterocycles. The molecule has 1 atom stereocenters. The van der Waals surface area contributed by atoms with E-state index in [0.717, 1.165) is 0 Å². The Labute approximate surface area is 84.7 Å². The van der Waals surface area contributed by atoms with Crippen LogP contribution in [0.25, 0.3) is 0 Å². The van der Waals surface area contributed by atoms with Crippen LogP contribution in [-0.4, -0.2) is 34.1 Å². The molecule has 1 unspecified atom stereocenters. The fourth-order valence-corrected chi connectivity index (χ4v) is 0.833. The summed E-state index contributed by atoms with van der Waals surface area (Å²) < 4.78 is 0. The highest BCUT2D eigenvalue weighted by molar-refractivity contribution is 6.37. The lowest BCUT2D eigenvalue weighted by Crippen LogP contribution is -2.33. The van der Waals surface area contributed by atoms with Crippen molar-refractivity contribution in [2.75, 3.05) is 0 Å². The summed E-state index contributed by atoms with van der Waals surface area (Å²) in [5, 5.41) is 16.7. The standard InChI is InChI=1S/C7H10O5.CO2/c1-3(2)4(6(9)10)5(8)7(11)12;2-1-3/h3-4H,1-2H3,(H,9,10)(H,11,12);. The minimum Gasteiger partial charge on any atom is -0.481 e. The van der Waals surface area contributed by atoms with Crippen LogP contribution in [0.4, 0.5) is 0 Å². The Bertz CT molecular complexity index is 285. The molecule has 84 valence electrons. The van der Waals surface area contributed by atoms with E-state index < -0.39 is 29.6 Å². The number of aliphatic carboxylic acids is 2. The molecule has 0 heterocycles. The lowest BCUT2D eigenvalue weighted by atomic mass is 9.92. The van der Waals surface area contributed by atoms with E-state index in [1.54, 1.807) is 0 Å². The van der Waals surface area contributed by atoms with Gasteiger partial charge in [-0.25, -0.2) is 4.79 Å². The third-order valence-electron chi connectivity index (χ3n) is 1.43. The van der Waals surface area contributed by atoms with Crippen LogP contribution in [0.2, 0.25) is 0 Å². The zero-order chi connectivity index (χ0) is 12.6. The molecule has 0 fully saturated rings. The number of carbonyl (C=O) groups is 3. The maximum Gasteiger partial charge on any atom is 0.373 e. The highest BCUT2D eigenvalue weighted by atomic mass is 16.4. The van der Waals surface area contributed by atoms with Gasteiger partial charge in [-0.3, -0.25) is 9.59 Å². The van der Waals surface area contributed by atoms with Gasteiger partial charge >= 0.3 is 18.1 Å². The summed E-state index contributed by atoms with van der Waals surface area (Å²) in [6, 6.07) is 0. The van der Waals surface area contributed by atoms with Gasteiger partial charge in [0.1, 0.15) is 5.92 Å². The molecule has 0 aromatic rings. The Balaban J connectivity index is 0. The summed E-state index contributed by atoms with van der Waals surface area (Å²) in [5.74, 6) is -6.31. The van der Waals surface area contributed by atoms with Crippen molar-refractivity contribution in [2.45, 2.75) is 13.8 Å². The van der Waals surface area contributed by atoms with Gasteiger partial charge in [-0.05, 0) is 5.92 Å². The average molecular weight is 218 g/mol. The molecule has 0 saturated carbocycles. The van der Waals surface area contributed by atoms with Crippen molar-refractivity contribution in [3.8, 4) is 0 Å². The number of rotatable bonds is 4. The van der Waals surface area contributed by atoms with Crippen LogP contribution in [0, 0.1) is 11.8 Å². The summed E-state index contributed by atoms with van der Waals surface area (Å²) in [6.45, 7) is 2.97. The van der Waals surface area contributed by atoms with Crippen LogP contribution in [0.3, 0.4) is 0 Å². The highest BCUT2D eigenvalue weighted by Crippen LogP contribution is 2.12. The lowest BCUT2D eigenvalue weighted by molar-refractivity contribution is -0.191. The van der Waals surface area contributed by atoms with E-state index in [1.807, 2.05) is 0 Å². The van der Waals surface area contributed by atoms with Gasteiger partial charge in [0.25, 0.3) is 5.78 Å². The van der Waals surface area contributed by atoms with E-state index in [4.69, 9.17) is 19.8 Å². The van der Waals surface area contributed by atoms with Crippen LogP contribution in [0.15, 0.2) is 0 Å². The van der Waals surface area contributed by atoms with E-state index in [0.29, 0.717) is 0 Å². The molecule has 0 aliphatic carbocycles. The Morgan fingerprint density at radius 3 is 1.47 bits per heavy atom. The van der Waals surface area contributed by atoms with Gasteiger partial charge in [0.2, 0.25) is 0 Å². The summed E-state index contributed by atoms with van der Waals surface area (Å²) in [4.78, 5) is 47.5. The molecule has 0 aliphatic heterocycles. The van der Waals surface area contributed by atoms with Gasteiger partial charge in [-0.2, -0.15) is 9.59 Å². The first-order valence-corrected chi connectivity index (χ1v) is 3.78. The fraction of sp³-hybridized carbons (Fsp3) is 0.500. The van der Waals surface area contributed by atoms with Gasteiger partial charge in [0.15, 0.2) is 0 Å². The van der Waals surface area contributed by atoms with Crippen molar-refractivity contribution in [1.82, 2.24) is 0 Å².